The van der Waals surface area contributed by atoms with Crippen molar-refractivity contribution in [2.24, 2.45) is 11.8 Å². The van der Waals surface area contributed by atoms with E-state index in [9.17, 15) is 4.79 Å². The average molecular weight is 240 g/mol. The van der Waals surface area contributed by atoms with E-state index in [1.54, 1.807) is 0 Å². The first-order chi connectivity index (χ1) is 7.97. The summed E-state index contributed by atoms with van der Waals surface area (Å²) < 4.78 is 5.24. The molecule has 0 aliphatic carbocycles. The zero-order valence-corrected chi connectivity index (χ0v) is 12.1. The number of esters is 1. The van der Waals surface area contributed by atoms with E-state index in [4.69, 9.17) is 4.74 Å². The van der Waals surface area contributed by atoms with Crippen molar-refractivity contribution in [2.75, 3.05) is 6.61 Å². The lowest BCUT2D eigenvalue weighted by Gasteiger charge is -2.12. The molecule has 17 heavy (non-hydrogen) atoms. The minimum absolute atomic E-state index is 0.0379. The lowest BCUT2D eigenvalue weighted by molar-refractivity contribution is -0.148. The fourth-order valence-corrected chi connectivity index (χ4v) is 1.47. The molecule has 0 aliphatic rings. The van der Waals surface area contributed by atoms with E-state index in [0.29, 0.717) is 12.5 Å². The summed E-state index contributed by atoms with van der Waals surface area (Å²) in [6.07, 6.45) is 6.39. The van der Waals surface area contributed by atoms with Crippen LogP contribution in [-0.4, -0.2) is 12.6 Å². The van der Waals surface area contributed by atoms with Gasteiger partial charge < -0.3 is 4.74 Å². The Bertz CT molecular complexity index is 239. The molecule has 0 heterocycles. The summed E-state index contributed by atoms with van der Waals surface area (Å²) in [4.78, 5) is 11.4. The molecular formula is C15H28O2. The van der Waals surface area contributed by atoms with E-state index in [-0.39, 0.29) is 11.9 Å². The SMILES string of the molecule is CC[C@H](C)C(=O)OCC[C@@H](C)CCC=C(C)C. The quantitative estimate of drug-likeness (QED) is 0.466. The zero-order valence-electron chi connectivity index (χ0n) is 12.1. The van der Waals surface area contributed by atoms with Gasteiger partial charge in [0.25, 0.3) is 0 Å². The van der Waals surface area contributed by atoms with Gasteiger partial charge >= 0.3 is 5.97 Å². The Morgan fingerprint density at radius 3 is 2.41 bits per heavy atom. The second-order valence-electron chi connectivity index (χ2n) is 5.23. The first-order valence-electron chi connectivity index (χ1n) is 6.77. The van der Waals surface area contributed by atoms with Crippen molar-refractivity contribution < 1.29 is 9.53 Å². The summed E-state index contributed by atoms with van der Waals surface area (Å²) >= 11 is 0. The summed E-state index contributed by atoms with van der Waals surface area (Å²) in [5.41, 5.74) is 1.38. The van der Waals surface area contributed by atoms with Crippen LogP contribution in [0.4, 0.5) is 0 Å². The van der Waals surface area contributed by atoms with Crippen LogP contribution in [0.5, 0.6) is 0 Å². The first-order valence-corrected chi connectivity index (χ1v) is 6.77. The van der Waals surface area contributed by atoms with Crippen molar-refractivity contribution in [3.63, 3.8) is 0 Å². The van der Waals surface area contributed by atoms with Gasteiger partial charge in [0.1, 0.15) is 0 Å². The van der Waals surface area contributed by atoms with E-state index in [0.717, 1.165) is 19.3 Å². The number of carbonyl (C=O) groups is 1. The lowest BCUT2D eigenvalue weighted by Crippen LogP contribution is -2.15. The Hall–Kier alpha value is -0.790. The van der Waals surface area contributed by atoms with Gasteiger partial charge in [-0.3, -0.25) is 4.79 Å². The zero-order chi connectivity index (χ0) is 13.3. The number of hydrogen-bond donors (Lipinski definition) is 0. The van der Waals surface area contributed by atoms with E-state index in [2.05, 4.69) is 26.8 Å². The van der Waals surface area contributed by atoms with Crippen LogP contribution in [0.15, 0.2) is 11.6 Å². The van der Waals surface area contributed by atoms with Crippen molar-refractivity contribution >= 4 is 5.97 Å². The molecule has 0 N–H and O–H groups in total. The number of ether oxygens (including phenoxy) is 1. The Labute approximate surface area is 106 Å². The monoisotopic (exact) mass is 240 g/mol. The highest BCUT2D eigenvalue weighted by atomic mass is 16.5. The van der Waals surface area contributed by atoms with Crippen LogP contribution in [0.2, 0.25) is 0 Å². The average Bonchev–Trinajstić information content (AvgIpc) is 2.27. The standard InChI is InChI=1S/C15H28O2/c1-6-14(5)15(16)17-11-10-13(4)9-7-8-12(2)3/h8,13-14H,6-7,9-11H2,1-5H3/t13-,14-/m0/s1. The highest BCUT2D eigenvalue weighted by Crippen LogP contribution is 2.12. The highest BCUT2D eigenvalue weighted by Gasteiger charge is 2.12. The molecule has 0 amide bonds. The lowest BCUT2D eigenvalue weighted by atomic mass is 10.0. The molecular weight excluding hydrogens is 212 g/mol. The molecule has 100 valence electrons. The molecule has 0 radical (unpaired) electrons. The Morgan fingerprint density at radius 2 is 1.88 bits per heavy atom. The third-order valence-corrected chi connectivity index (χ3v) is 3.08. The fraction of sp³-hybridized carbons (Fsp3) is 0.800. The normalized spacial score (nSPS) is 13.9. The minimum atomic E-state index is -0.0519. The van der Waals surface area contributed by atoms with Gasteiger partial charge in [0, 0.05) is 0 Å². The van der Waals surface area contributed by atoms with Crippen LogP contribution in [0, 0.1) is 11.8 Å². The smallest absolute Gasteiger partial charge is 0.308 e. The molecule has 0 aliphatic heterocycles. The topological polar surface area (TPSA) is 26.3 Å². The predicted octanol–water partition coefficient (Wildman–Crippen LogP) is 4.35. The molecule has 0 aromatic rings. The largest absolute Gasteiger partial charge is 0.465 e. The predicted molar refractivity (Wildman–Crippen MR) is 72.9 cm³/mol. The first kappa shape index (κ1) is 16.2. The van der Waals surface area contributed by atoms with Crippen molar-refractivity contribution in [3.05, 3.63) is 11.6 Å². The Balaban J connectivity index is 3.61. The van der Waals surface area contributed by atoms with E-state index in [1.807, 2.05) is 13.8 Å². The number of allylic oxidation sites excluding steroid dienone is 2. The van der Waals surface area contributed by atoms with Crippen LogP contribution in [0.1, 0.15) is 60.3 Å². The molecule has 0 unspecified atom stereocenters. The van der Waals surface area contributed by atoms with Gasteiger partial charge in [-0.2, -0.15) is 0 Å². The highest BCUT2D eigenvalue weighted by molar-refractivity contribution is 5.71. The van der Waals surface area contributed by atoms with E-state index >= 15 is 0 Å². The van der Waals surface area contributed by atoms with Crippen molar-refractivity contribution in [1.29, 1.82) is 0 Å². The molecule has 2 atom stereocenters. The summed E-state index contributed by atoms with van der Waals surface area (Å²) in [6.45, 7) is 11.0. The van der Waals surface area contributed by atoms with Crippen LogP contribution >= 0.6 is 0 Å². The molecule has 2 heteroatoms. The van der Waals surface area contributed by atoms with Gasteiger partial charge in [-0.1, -0.05) is 32.4 Å². The maximum atomic E-state index is 11.4. The Kier molecular flexibility index (Phi) is 8.83. The van der Waals surface area contributed by atoms with Crippen LogP contribution in [0.25, 0.3) is 0 Å². The molecule has 2 nitrogen and oxygen atoms in total. The van der Waals surface area contributed by atoms with Crippen molar-refractivity contribution in [1.82, 2.24) is 0 Å². The van der Waals surface area contributed by atoms with Gasteiger partial charge in [0.15, 0.2) is 0 Å². The van der Waals surface area contributed by atoms with Gasteiger partial charge in [-0.25, -0.2) is 0 Å². The minimum Gasteiger partial charge on any atom is -0.465 e. The van der Waals surface area contributed by atoms with Gasteiger partial charge in [0.05, 0.1) is 12.5 Å². The summed E-state index contributed by atoms with van der Waals surface area (Å²) in [5, 5.41) is 0. The van der Waals surface area contributed by atoms with Gasteiger partial charge in [-0.05, 0) is 45.4 Å². The maximum absolute atomic E-state index is 11.4. The molecule has 0 rings (SSSR count). The molecule has 0 saturated carbocycles. The number of carbonyl (C=O) groups excluding carboxylic acids is 1. The summed E-state index contributed by atoms with van der Waals surface area (Å²) in [7, 11) is 0. The van der Waals surface area contributed by atoms with Gasteiger partial charge in [-0.15, -0.1) is 0 Å². The van der Waals surface area contributed by atoms with Crippen molar-refractivity contribution in [3.8, 4) is 0 Å². The number of rotatable bonds is 8. The molecule has 0 fully saturated rings. The van der Waals surface area contributed by atoms with Crippen LogP contribution in [0.3, 0.4) is 0 Å². The molecule has 0 saturated heterocycles. The summed E-state index contributed by atoms with van der Waals surface area (Å²) in [6, 6.07) is 0. The molecule has 0 spiro atoms. The Morgan fingerprint density at radius 1 is 1.24 bits per heavy atom. The second-order valence-corrected chi connectivity index (χ2v) is 5.23. The molecule has 0 aromatic heterocycles. The second kappa shape index (κ2) is 9.26. The van der Waals surface area contributed by atoms with Crippen LogP contribution < -0.4 is 0 Å². The third kappa shape index (κ3) is 8.96. The third-order valence-electron chi connectivity index (χ3n) is 3.08. The molecule has 0 aromatic carbocycles. The number of hydrogen-bond acceptors (Lipinski definition) is 2. The maximum Gasteiger partial charge on any atom is 0.308 e. The fourth-order valence-electron chi connectivity index (χ4n) is 1.47. The summed E-state index contributed by atoms with van der Waals surface area (Å²) in [5.74, 6) is 0.607. The van der Waals surface area contributed by atoms with Crippen molar-refractivity contribution in [2.45, 2.75) is 60.3 Å². The van der Waals surface area contributed by atoms with E-state index < -0.39 is 0 Å². The van der Waals surface area contributed by atoms with E-state index in [1.165, 1.54) is 12.0 Å². The molecule has 0 bridgehead atoms. The van der Waals surface area contributed by atoms with Gasteiger partial charge in [0.2, 0.25) is 0 Å². The van der Waals surface area contributed by atoms with Crippen LogP contribution in [-0.2, 0) is 9.53 Å².